The van der Waals surface area contributed by atoms with E-state index in [9.17, 15) is 8.78 Å². The Morgan fingerprint density at radius 1 is 0.944 bits per heavy atom. The molecule has 0 radical (unpaired) electrons. The second kappa shape index (κ2) is 5.60. The fourth-order valence-electron chi connectivity index (χ4n) is 1.69. The summed E-state index contributed by atoms with van der Waals surface area (Å²) in [5, 5.41) is 7.40. The third kappa shape index (κ3) is 2.49. The summed E-state index contributed by atoms with van der Waals surface area (Å²) in [5.41, 5.74) is 5.84. The molecule has 0 fully saturated rings. The summed E-state index contributed by atoms with van der Waals surface area (Å²) in [6, 6.07) is 10.1. The van der Waals surface area contributed by atoms with Crippen LogP contribution in [0, 0.1) is 17.0 Å². The van der Waals surface area contributed by atoms with E-state index in [4.69, 9.17) is 11.1 Å². The van der Waals surface area contributed by atoms with E-state index >= 15 is 0 Å². The number of halogens is 3. The molecule has 0 bridgehead atoms. The third-order valence-electron chi connectivity index (χ3n) is 2.45. The second-order valence-electron chi connectivity index (χ2n) is 3.56. The largest absolute Gasteiger partial charge is 0.384 e. The molecule has 18 heavy (non-hydrogen) atoms. The number of hydrogen-bond acceptors (Lipinski definition) is 1. The molecule has 0 amide bonds. The Balaban J connectivity index is 0.00000162. The van der Waals surface area contributed by atoms with Crippen molar-refractivity contribution in [3.05, 3.63) is 59.7 Å². The Morgan fingerprint density at radius 2 is 1.50 bits per heavy atom. The topological polar surface area (TPSA) is 49.9 Å². The van der Waals surface area contributed by atoms with E-state index in [1.54, 1.807) is 18.2 Å². The van der Waals surface area contributed by atoms with Crippen molar-refractivity contribution in [2.24, 2.45) is 5.73 Å². The molecule has 5 heteroatoms. The summed E-state index contributed by atoms with van der Waals surface area (Å²) in [6.45, 7) is 0. The lowest BCUT2D eigenvalue weighted by Crippen LogP contribution is -2.12. The molecule has 0 unspecified atom stereocenters. The van der Waals surface area contributed by atoms with Crippen LogP contribution >= 0.6 is 12.4 Å². The van der Waals surface area contributed by atoms with E-state index < -0.39 is 11.6 Å². The van der Waals surface area contributed by atoms with Gasteiger partial charge in [-0.15, -0.1) is 12.4 Å². The zero-order valence-electron chi connectivity index (χ0n) is 9.28. The van der Waals surface area contributed by atoms with E-state index in [1.807, 2.05) is 0 Å². The molecular weight excluding hydrogens is 258 g/mol. The maximum absolute atomic E-state index is 13.6. The highest BCUT2D eigenvalue weighted by molar-refractivity contribution is 6.01. The van der Waals surface area contributed by atoms with E-state index in [2.05, 4.69) is 0 Å². The van der Waals surface area contributed by atoms with Crippen LogP contribution < -0.4 is 5.73 Å². The summed E-state index contributed by atoms with van der Waals surface area (Å²) < 4.78 is 27.3. The van der Waals surface area contributed by atoms with Crippen LogP contribution in [-0.2, 0) is 0 Å². The van der Waals surface area contributed by atoms with Crippen molar-refractivity contribution in [3.63, 3.8) is 0 Å². The summed E-state index contributed by atoms with van der Waals surface area (Å²) in [5.74, 6) is -1.55. The first kappa shape index (κ1) is 14.1. The smallest absolute Gasteiger partial charge is 0.133 e. The maximum Gasteiger partial charge on any atom is 0.133 e. The maximum atomic E-state index is 13.6. The molecule has 0 atom stereocenters. The van der Waals surface area contributed by atoms with E-state index in [-0.39, 0.29) is 29.4 Å². The summed E-state index contributed by atoms with van der Waals surface area (Å²) in [7, 11) is 0. The number of amidine groups is 1. The fourth-order valence-corrected chi connectivity index (χ4v) is 1.69. The number of nitrogens with one attached hydrogen (secondary N) is 1. The van der Waals surface area contributed by atoms with Crippen LogP contribution in [-0.4, -0.2) is 5.84 Å². The van der Waals surface area contributed by atoms with Crippen LogP contribution in [0.2, 0.25) is 0 Å². The first-order valence-electron chi connectivity index (χ1n) is 4.99. The van der Waals surface area contributed by atoms with Gasteiger partial charge in [0.1, 0.15) is 17.5 Å². The molecule has 0 aliphatic rings. The standard InChI is InChI=1S/C13H10F2N2.ClH/c14-10-6-3-7-11(15)12(10)8-4-1-2-5-9(8)13(16)17;/h1-7H,(H3,16,17);1H. The Kier molecular flexibility index (Phi) is 4.39. The highest BCUT2D eigenvalue weighted by Crippen LogP contribution is 2.28. The lowest BCUT2D eigenvalue weighted by molar-refractivity contribution is 0.589. The van der Waals surface area contributed by atoms with Gasteiger partial charge in [0, 0.05) is 5.56 Å². The van der Waals surface area contributed by atoms with Gasteiger partial charge in [-0.25, -0.2) is 8.78 Å². The van der Waals surface area contributed by atoms with Gasteiger partial charge in [0.25, 0.3) is 0 Å². The average Bonchev–Trinajstić information content (AvgIpc) is 2.29. The van der Waals surface area contributed by atoms with Crippen LogP contribution in [0.5, 0.6) is 0 Å². The molecule has 94 valence electrons. The van der Waals surface area contributed by atoms with Crippen molar-refractivity contribution < 1.29 is 8.78 Å². The van der Waals surface area contributed by atoms with Crippen molar-refractivity contribution in [1.82, 2.24) is 0 Å². The number of nitrogen functional groups attached to an aromatic ring is 1. The molecule has 2 rings (SSSR count). The lowest BCUT2D eigenvalue weighted by Gasteiger charge is -2.09. The van der Waals surface area contributed by atoms with Gasteiger partial charge in [-0.05, 0) is 17.7 Å². The van der Waals surface area contributed by atoms with Gasteiger partial charge >= 0.3 is 0 Å². The first-order chi connectivity index (χ1) is 8.11. The number of hydrogen-bond donors (Lipinski definition) is 2. The van der Waals surface area contributed by atoms with Crippen LogP contribution in [0.4, 0.5) is 8.78 Å². The third-order valence-corrected chi connectivity index (χ3v) is 2.45. The summed E-state index contributed by atoms with van der Waals surface area (Å²) in [6.07, 6.45) is 0. The fraction of sp³-hybridized carbons (Fsp3) is 0. The van der Waals surface area contributed by atoms with E-state index in [1.165, 1.54) is 24.3 Å². The molecule has 0 aromatic heterocycles. The van der Waals surface area contributed by atoms with Crippen LogP contribution in [0.15, 0.2) is 42.5 Å². The molecular formula is C13H11ClF2N2. The monoisotopic (exact) mass is 268 g/mol. The minimum atomic E-state index is -0.668. The molecule has 2 nitrogen and oxygen atoms in total. The van der Waals surface area contributed by atoms with Crippen LogP contribution in [0.3, 0.4) is 0 Å². The molecule has 0 saturated heterocycles. The van der Waals surface area contributed by atoms with E-state index in [0.29, 0.717) is 5.56 Å². The Hall–Kier alpha value is -1.94. The van der Waals surface area contributed by atoms with Gasteiger partial charge in [0.2, 0.25) is 0 Å². The molecule has 2 aromatic rings. The van der Waals surface area contributed by atoms with Crippen molar-refractivity contribution in [2.75, 3.05) is 0 Å². The minimum absolute atomic E-state index is 0. The van der Waals surface area contributed by atoms with E-state index in [0.717, 1.165) is 0 Å². The zero-order chi connectivity index (χ0) is 12.4. The predicted molar refractivity (Wildman–Crippen MR) is 70.1 cm³/mol. The SMILES string of the molecule is Cl.N=C(N)c1ccccc1-c1c(F)cccc1F. The van der Waals surface area contributed by atoms with Gasteiger partial charge in [-0.1, -0.05) is 30.3 Å². The van der Waals surface area contributed by atoms with Crippen molar-refractivity contribution in [2.45, 2.75) is 0 Å². The first-order valence-corrected chi connectivity index (χ1v) is 4.99. The summed E-state index contributed by atoms with van der Waals surface area (Å²) in [4.78, 5) is 0. The predicted octanol–water partition coefficient (Wildman–Crippen LogP) is 3.34. The van der Waals surface area contributed by atoms with Crippen molar-refractivity contribution >= 4 is 18.2 Å². The lowest BCUT2D eigenvalue weighted by atomic mass is 9.98. The Bertz CT molecular complexity index is 565. The highest BCUT2D eigenvalue weighted by atomic mass is 35.5. The minimum Gasteiger partial charge on any atom is -0.384 e. The van der Waals surface area contributed by atoms with Gasteiger partial charge in [0.05, 0.1) is 5.56 Å². The molecule has 0 saturated carbocycles. The molecule has 0 aliphatic carbocycles. The summed E-state index contributed by atoms with van der Waals surface area (Å²) >= 11 is 0. The van der Waals surface area contributed by atoms with Gasteiger partial charge < -0.3 is 5.73 Å². The average molecular weight is 269 g/mol. The Morgan fingerprint density at radius 3 is 2.06 bits per heavy atom. The highest BCUT2D eigenvalue weighted by Gasteiger charge is 2.15. The molecule has 0 heterocycles. The number of benzene rings is 2. The Labute approximate surface area is 109 Å². The van der Waals surface area contributed by atoms with Crippen molar-refractivity contribution in [1.29, 1.82) is 5.41 Å². The second-order valence-corrected chi connectivity index (χ2v) is 3.56. The quantitative estimate of drug-likeness (QED) is 0.637. The molecule has 0 aliphatic heterocycles. The number of rotatable bonds is 2. The van der Waals surface area contributed by atoms with Crippen LogP contribution in [0.25, 0.3) is 11.1 Å². The molecule has 2 aromatic carbocycles. The molecule has 0 spiro atoms. The zero-order valence-corrected chi connectivity index (χ0v) is 10.1. The van der Waals surface area contributed by atoms with Gasteiger partial charge in [-0.2, -0.15) is 0 Å². The number of nitrogens with two attached hydrogens (primary N) is 1. The van der Waals surface area contributed by atoms with Crippen LogP contribution in [0.1, 0.15) is 5.56 Å². The van der Waals surface area contributed by atoms with Gasteiger partial charge in [-0.3, -0.25) is 5.41 Å². The van der Waals surface area contributed by atoms with Crippen molar-refractivity contribution in [3.8, 4) is 11.1 Å². The molecule has 3 N–H and O–H groups in total. The normalized spacial score (nSPS) is 9.67. The van der Waals surface area contributed by atoms with Gasteiger partial charge in [0.15, 0.2) is 0 Å².